The van der Waals surface area contributed by atoms with Gasteiger partial charge in [0, 0.05) is 12.1 Å². The number of carbonyl (C=O) groups is 2. The quantitative estimate of drug-likeness (QED) is 0.869. The van der Waals surface area contributed by atoms with Crippen LogP contribution in [0, 0.1) is 5.41 Å². The number of carbonyl (C=O) groups excluding carboxylic acids is 2. The Hall–Kier alpha value is -1.26. The molecule has 1 saturated heterocycles. The van der Waals surface area contributed by atoms with Gasteiger partial charge in [0.15, 0.2) is 0 Å². The van der Waals surface area contributed by atoms with E-state index in [1.165, 1.54) is 12.8 Å². The Morgan fingerprint density at radius 1 is 1.19 bits per heavy atom. The minimum absolute atomic E-state index is 0.00210. The minimum atomic E-state index is -0.521. The van der Waals surface area contributed by atoms with E-state index in [2.05, 4.69) is 12.2 Å². The molecule has 3 rings (SSSR count). The highest BCUT2D eigenvalue weighted by Crippen LogP contribution is 2.63. The van der Waals surface area contributed by atoms with E-state index in [9.17, 15) is 9.59 Å². The Labute approximate surface area is 126 Å². The van der Waals surface area contributed by atoms with Crippen molar-refractivity contribution in [2.45, 2.75) is 77.0 Å². The van der Waals surface area contributed by atoms with Crippen LogP contribution < -0.4 is 5.32 Å². The molecule has 21 heavy (non-hydrogen) atoms. The molecule has 2 aliphatic carbocycles. The van der Waals surface area contributed by atoms with Crippen LogP contribution in [0.1, 0.15) is 59.8 Å². The summed E-state index contributed by atoms with van der Waals surface area (Å²) in [5.74, 6) is -0.00210. The van der Waals surface area contributed by atoms with Gasteiger partial charge in [0.2, 0.25) is 5.91 Å². The molecule has 0 bridgehead atoms. The number of amides is 2. The highest BCUT2D eigenvalue weighted by Gasteiger charge is 2.63. The van der Waals surface area contributed by atoms with Gasteiger partial charge >= 0.3 is 6.09 Å². The van der Waals surface area contributed by atoms with Crippen LogP contribution >= 0.6 is 0 Å². The van der Waals surface area contributed by atoms with Crippen molar-refractivity contribution in [3.8, 4) is 0 Å². The molecule has 0 radical (unpaired) electrons. The molecule has 1 atom stereocenters. The monoisotopic (exact) mass is 294 g/mol. The zero-order chi connectivity index (χ0) is 15.5. The van der Waals surface area contributed by atoms with Crippen molar-refractivity contribution in [2.24, 2.45) is 5.41 Å². The fraction of sp³-hybridized carbons (Fsp3) is 0.875. The van der Waals surface area contributed by atoms with Crippen LogP contribution in [0.25, 0.3) is 0 Å². The summed E-state index contributed by atoms with van der Waals surface area (Å²) in [7, 11) is 0. The highest BCUT2D eigenvalue weighted by molar-refractivity contribution is 5.88. The first-order valence-electron chi connectivity index (χ1n) is 7.98. The molecule has 0 aromatic rings. The van der Waals surface area contributed by atoms with Crippen molar-refractivity contribution in [1.82, 2.24) is 10.2 Å². The Morgan fingerprint density at radius 2 is 1.81 bits per heavy atom. The maximum absolute atomic E-state index is 12.5. The summed E-state index contributed by atoms with van der Waals surface area (Å²) >= 11 is 0. The molecule has 3 aliphatic rings. The van der Waals surface area contributed by atoms with E-state index >= 15 is 0 Å². The van der Waals surface area contributed by atoms with Crippen molar-refractivity contribution >= 4 is 12.0 Å². The average molecular weight is 294 g/mol. The minimum Gasteiger partial charge on any atom is -0.444 e. The van der Waals surface area contributed by atoms with Crippen molar-refractivity contribution < 1.29 is 14.3 Å². The Balaban J connectivity index is 1.57. The second-order valence-electron chi connectivity index (χ2n) is 8.11. The van der Waals surface area contributed by atoms with E-state index in [0.29, 0.717) is 12.0 Å². The maximum Gasteiger partial charge on any atom is 0.410 e. The van der Waals surface area contributed by atoms with Crippen LogP contribution in [-0.4, -0.2) is 40.6 Å². The zero-order valence-corrected chi connectivity index (χ0v) is 13.5. The van der Waals surface area contributed by atoms with Crippen molar-refractivity contribution in [1.29, 1.82) is 0 Å². The molecule has 0 unspecified atom stereocenters. The third-order valence-corrected chi connectivity index (χ3v) is 5.22. The second-order valence-corrected chi connectivity index (χ2v) is 8.11. The normalized spacial score (nSPS) is 28.4. The first kappa shape index (κ1) is 14.7. The summed E-state index contributed by atoms with van der Waals surface area (Å²) in [6.07, 6.45) is 4.92. The van der Waals surface area contributed by atoms with Crippen LogP contribution in [0.4, 0.5) is 4.79 Å². The number of likely N-dealkylation sites (tertiary alicyclic amines) is 1. The van der Waals surface area contributed by atoms with Gasteiger partial charge in [0.25, 0.3) is 0 Å². The van der Waals surface area contributed by atoms with Gasteiger partial charge < -0.3 is 10.1 Å². The third-order valence-electron chi connectivity index (χ3n) is 5.22. The Morgan fingerprint density at radius 3 is 2.19 bits per heavy atom. The van der Waals surface area contributed by atoms with Crippen molar-refractivity contribution in [2.75, 3.05) is 6.54 Å². The Kier molecular flexibility index (Phi) is 3.05. The summed E-state index contributed by atoms with van der Waals surface area (Å²) in [6, 6.07) is -0.348. The second kappa shape index (κ2) is 4.37. The van der Waals surface area contributed by atoms with Gasteiger partial charge in [-0.15, -0.1) is 0 Å². The molecule has 1 N–H and O–H groups in total. The number of rotatable bonds is 3. The number of hydrogen-bond donors (Lipinski definition) is 1. The van der Waals surface area contributed by atoms with Gasteiger partial charge in [-0.05, 0) is 58.3 Å². The van der Waals surface area contributed by atoms with Gasteiger partial charge in [-0.25, -0.2) is 4.79 Å². The van der Waals surface area contributed by atoms with Crippen LogP contribution in [0.3, 0.4) is 0 Å². The first-order valence-corrected chi connectivity index (χ1v) is 7.98. The van der Waals surface area contributed by atoms with Gasteiger partial charge in [0.05, 0.1) is 0 Å². The predicted octanol–water partition coefficient (Wildman–Crippen LogP) is 2.44. The van der Waals surface area contributed by atoms with Crippen LogP contribution in [0.2, 0.25) is 0 Å². The third kappa shape index (κ3) is 2.62. The topological polar surface area (TPSA) is 58.6 Å². The number of nitrogens with one attached hydrogen (secondary N) is 1. The van der Waals surface area contributed by atoms with Crippen LogP contribution in [0.15, 0.2) is 0 Å². The number of hydrogen-bond acceptors (Lipinski definition) is 3. The molecule has 5 nitrogen and oxygen atoms in total. The fourth-order valence-corrected chi connectivity index (χ4v) is 3.19. The first-order chi connectivity index (χ1) is 9.66. The van der Waals surface area contributed by atoms with Gasteiger partial charge in [0.1, 0.15) is 11.6 Å². The lowest BCUT2D eigenvalue weighted by atomic mass is 9.94. The molecule has 0 aromatic heterocycles. The maximum atomic E-state index is 12.5. The molecular weight excluding hydrogens is 268 g/mol. The molecule has 0 spiro atoms. The summed E-state index contributed by atoms with van der Waals surface area (Å²) in [6.45, 7) is 8.39. The lowest BCUT2D eigenvalue weighted by Gasteiger charge is -2.41. The summed E-state index contributed by atoms with van der Waals surface area (Å²) < 4.78 is 5.35. The smallest absolute Gasteiger partial charge is 0.410 e. The van der Waals surface area contributed by atoms with E-state index in [0.717, 1.165) is 19.3 Å². The van der Waals surface area contributed by atoms with E-state index < -0.39 is 5.60 Å². The van der Waals surface area contributed by atoms with Crippen LogP contribution in [0.5, 0.6) is 0 Å². The fourth-order valence-electron chi connectivity index (χ4n) is 3.19. The molecule has 1 aliphatic heterocycles. The van der Waals surface area contributed by atoms with E-state index in [4.69, 9.17) is 4.74 Å². The number of ether oxygens (including phenoxy) is 1. The van der Waals surface area contributed by atoms with E-state index in [-0.39, 0.29) is 23.6 Å². The molecular formula is C16H26N2O3. The van der Waals surface area contributed by atoms with Crippen molar-refractivity contribution in [3.63, 3.8) is 0 Å². The van der Waals surface area contributed by atoms with Gasteiger partial charge in [-0.2, -0.15) is 0 Å². The molecule has 2 saturated carbocycles. The van der Waals surface area contributed by atoms with Gasteiger partial charge in [-0.3, -0.25) is 9.69 Å². The van der Waals surface area contributed by atoms with E-state index in [1.807, 2.05) is 20.8 Å². The summed E-state index contributed by atoms with van der Waals surface area (Å²) in [4.78, 5) is 26.1. The molecule has 118 valence electrons. The Bertz CT molecular complexity index is 472. The average Bonchev–Trinajstić information content (AvgIpc) is 3.12. The number of nitrogens with zero attached hydrogens (tertiary/aromatic N) is 1. The molecule has 2 amide bonds. The molecule has 1 heterocycles. The van der Waals surface area contributed by atoms with Crippen molar-refractivity contribution in [3.05, 3.63) is 0 Å². The molecule has 3 fully saturated rings. The molecule has 5 heteroatoms. The summed E-state index contributed by atoms with van der Waals surface area (Å²) in [5, 5.41) is 3.23. The lowest BCUT2D eigenvalue weighted by molar-refractivity contribution is -0.132. The van der Waals surface area contributed by atoms with Gasteiger partial charge in [-0.1, -0.05) is 6.92 Å². The largest absolute Gasteiger partial charge is 0.444 e. The van der Waals surface area contributed by atoms with E-state index in [1.54, 1.807) is 4.90 Å². The molecule has 0 aromatic carbocycles. The summed E-state index contributed by atoms with van der Waals surface area (Å²) in [5.41, 5.74) is -0.213. The standard InChI is InChI=1S/C16H26N2O3/c1-14(2,3)21-13(20)18-10-5-11(18)12(19)17-16(8-9-16)15(4)6-7-15/h11H,5-10H2,1-4H3,(H,17,19)/t11-/m1/s1. The zero-order valence-electron chi connectivity index (χ0n) is 13.5. The van der Waals surface area contributed by atoms with Crippen LogP contribution in [-0.2, 0) is 9.53 Å². The SMILES string of the molecule is CC(C)(C)OC(=O)N1CC[C@@H]1C(=O)NC1(C2(C)CC2)CC1. The predicted molar refractivity (Wildman–Crippen MR) is 78.8 cm³/mol. The highest BCUT2D eigenvalue weighted by atomic mass is 16.6. The lowest BCUT2D eigenvalue weighted by Crippen LogP contribution is -2.61.